The Kier molecular flexibility index (Phi) is 3.34. The van der Waals surface area contributed by atoms with Crippen LogP contribution in [-0.2, 0) is 16.6 Å². The van der Waals surface area contributed by atoms with Crippen LogP contribution in [0.15, 0.2) is 24.0 Å². The van der Waals surface area contributed by atoms with E-state index in [-0.39, 0.29) is 5.41 Å². The Morgan fingerprint density at radius 2 is 2.04 bits per heavy atom. The number of benzene rings is 1. The van der Waals surface area contributed by atoms with Gasteiger partial charge < -0.3 is 19.5 Å². The number of likely N-dealkylation sites (N-methyl/N-ethyl adjacent to an activating group) is 1. The van der Waals surface area contributed by atoms with Gasteiger partial charge in [0.15, 0.2) is 11.5 Å². The van der Waals surface area contributed by atoms with Crippen molar-refractivity contribution < 1.29 is 14.6 Å². The van der Waals surface area contributed by atoms with Crippen molar-refractivity contribution in [3.63, 3.8) is 0 Å². The highest BCUT2D eigenvalue weighted by Crippen LogP contribution is 2.59. The van der Waals surface area contributed by atoms with Crippen molar-refractivity contribution >= 4 is 0 Å². The fourth-order valence-corrected chi connectivity index (χ4v) is 5.28. The van der Waals surface area contributed by atoms with E-state index in [0.717, 1.165) is 43.6 Å². The number of hydrogen-bond acceptors (Lipinski definition) is 4. The van der Waals surface area contributed by atoms with Gasteiger partial charge in [-0.2, -0.15) is 0 Å². The Hall–Kier alpha value is -1.68. The van der Waals surface area contributed by atoms with Gasteiger partial charge in [0, 0.05) is 22.9 Å². The fraction of sp³-hybridized carbons (Fsp3) is 0.579. The standard InChI is InChI=1S/C19H25NO3/c1-20-10-9-19-8-4-5-14(22-2)17(19)13(20)11-12-6-7-15(23-3)18(21)16(12)19/h5-7,13,17,21H,4,8-11H2,1-3H3. The Morgan fingerprint density at radius 3 is 2.78 bits per heavy atom. The molecule has 1 heterocycles. The van der Waals surface area contributed by atoms with Gasteiger partial charge in [-0.05, 0) is 57.0 Å². The quantitative estimate of drug-likeness (QED) is 0.911. The van der Waals surface area contributed by atoms with Gasteiger partial charge in [-0.1, -0.05) is 6.07 Å². The molecule has 0 radical (unpaired) electrons. The molecular formula is C19H25NO3. The van der Waals surface area contributed by atoms with Gasteiger partial charge in [-0.25, -0.2) is 0 Å². The first-order valence-corrected chi connectivity index (χ1v) is 8.46. The highest BCUT2D eigenvalue weighted by atomic mass is 16.5. The Morgan fingerprint density at radius 1 is 1.22 bits per heavy atom. The average Bonchev–Trinajstić information content (AvgIpc) is 2.57. The van der Waals surface area contributed by atoms with Gasteiger partial charge in [0.05, 0.1) is 20.0 Å². The molecular weight excluding hydrogens is 290 g/mol. The van der Waals surface area contributed by atoms with Crippen molar-refractivity contribution in [1.82, 2.24) is 4.90 Å². The van der Waals surface area contributed by atoms with Crippen LogP contribution < -0.4 is 4.74 Å². The summed E-state index contributed by atoms with van der Waals surface area (Å²) in [6, 6.07) is 4.48. The Labute approximate surface area is 137 Å². The second-order valence-electron chi connectivity index (χ2n) is 7.14. The summed E-state index contributed by atoms with van der Waals surface area (Å²) in [5.41, 5.74) is 2.37. The van der Waals surface area contributed by atoms with E-state index in [0.29, 0.717) is 23.5 Å². The molecule has 4 heteroatoms. The molecule has 3 aliphatic rings. The number of fused-ring (bicyclic) bond motifs is 1. The summed E-state index contributed by atoms with van der Waals surface area (Å²) >= 11 is 0. The maximum atomic E-state index is 10.9. The molecule has 2 aliphatic carbocycles. The smallest absolute Gasteiger partial charge is 0.161 e. The van der Waals surface area contributed by atoms with Crippen LogP contribution in [0.1, 0.15) is 30.4 Å². The third-order valence-corrected chi connectivity index (χ3v) is 6.31. The van der Waals surface area contributed by atoms with E-state index in [1.54, 1.807) is 14.2 Å². The summed E-state index contributed by atoms with van der Waals surface area (Å²) in [6.45, 7) is 1.06. The van der Waals surface area contributed by atoms with E-state index >= 15 is 0 Å². The van der Waals surface area contributed by atoms with Crippen LogP contribution in [-0.4, -0.2) is 43.9 Å². The number of piperidine rings is 1. The van der Waals surface area contributed by atoms with Crippen molar-refractivity contribution in [2.24, 2.45) is 5.92 Å². The summed E-state index contributed by atoms with van der Waals surface area (Å²) in [7, 11) is 5.62. The molecule has 4 nitrogen and oxygen atoms in total. The largest absolute Gasteiger partial charge is 0.504 e. The lowest BCUT2D eigenvalue weighted by Gasteiger charge is -2.57. The lowest BCUT2D eigenvalue weighted by atomic mass is 9.53. The molecule has 1 aliphatic heterocycles. The van der Waals surface area contributed by atoms with E-state index in [1.165, 1.54) is 5.56 Å². The highest BCUT2D eigenvalue weighted by molar-refractivity contribution is 5.57. The van der Waals surface area contributed by atoms with Crippen molar-refractivity contribution in [2.75, 3.05) is 27.8 Å². The minimum absolute atomic E-state index is 0.0243. The van der Waals surface area contributed by atoms with Crippen LogP contribution in [0.5, 0.6) is 11.5 Å². The van der Waals surface area contributed by atoms with Gasteiger partial charge in [0.2, 0.25) is 0 Å². The number of likely N-dealkylation sites (tertiary alicyclic amines) is 1. The molecule has 23 heavy (non-hydrogen) atoms. The summed E-state index contributed by atoms with van der Waals surface area (Å²) in [5.74, 6) is 2.35. The fourth-order valence-electron chi connectivity index (χ4n) is 5.28. The van der Waals surface area contributed by atoms with Crippen LogP contribution in [0.3, 0.4) is 0 Å². The topological polar surface area (TPSA) is 41.9 Å². The van der Waals surface area contributed by atoms with Crippen LogP contribution in [0.4, 0.5) is 0 Å². The van der Waals surface area contributed by atoms with Gasteiger partial charge in [0.25, 0.3) is 0 Å². The summed E-state index contributed by atoms with van der Waals surface area (Å²) in [6.07, 6.45) is 6.33. The van der Waals surface area contributed by atoms with E-state index < -0.39 is 0 Å². The zero-order valence-corrected chi connectivity index (χ0v) is 14.1. The number of phenolic OH excluding ortho intramolecular Hbond substituents is 1. The maximum absolute atomic E-state index is 10.9. The Balaban J connectivity index is 1.96. The minimum Gasteiger partial charge on any atom is -0.504 e. The number of phenols is 1. The normalized spacial score (nSPS) is 32.6. The van der Waals surface area contributed by atoms with Gasteiger partial charge in [-0.15, -0.1) is 0 Å². The summed E-state index contributed by atoms with van der Waals surface area (Å²) in [4.78, 5) is 2.46. The van der Waals surface area contributed by atoms with Crippen molar-refractivity contribution in [3.8, 4) is 11.5 Å². The molecule has 1 fully saturated rings. The summed E-state index contributed by atoms with van der Waals surface area (Å²) in [5, 5.41) is 10.9. The lowest BCUT2D eigenvalue weighted by molar-refractivity contribution is 0.00811. The van der Waals surface area contributed by atoms with Crippen molar-refractivity contribution in [3.05, 3.63) is 35.1 Å². The summed E-state index contributed by atoms with van der Waals surface area (Å²) < 4.78 is 11.2. The second kappa shape index (κ2) is 5.17. The number of rotatable bonds is 2. The number of ether oxygens (including phenoxy) is 2. The molecule has 3 atom stereocenters. The molecule has 1 N–H and O–H groups in total. The highest BCUT2D eigenvalue weighted by Gasteiger charge is 2.56. The second-order valence-corrected chi connectivity index (χ2v) is 7.14. The molecule has 1 saturated heterocycles. The van der Waals surface area contributed by atoms with Crippen LogP contribution in [0.25, 0.3) is 0 Å². The number of aromatic hydroxyl groups is 1. The number of nitrogens with zero attached hydrogens (tertiary/aromatic N) is 1. The lowest BCUT2D eigenvalue weighted by Crippen LogP contribution is -2.60. The van der Waals surface area contributed by atoms with E-state index in [4.69, 9.17) is 9.47 Å². The van der Waals surface area contributed by atoms with Crippen LogP contribution in [0, 0.1) is 5.92 Å². The monoisotopic (exact) mass is 315 g/mol. The van der Waals surface area contributed by atoms with Crippen molar-refractivity contribution in [2.45, 2.75) is 37.1 Å². The zero-order valence-electron chi connectivity index (χ0n) is 14.1. The first-order valence-electron chi connectivity index (χ1n) is 8.46. The maximum Gasteiger partial charge on any atom is 0.161 e. The first kappa shape index (κ1) is 14.9. The molecule has 4 rings (SSSR count). The SMILES string of the molecule is COC1=CCCC23CCN(C)C(Cc4ccc(OC)c(O)c42)C13. The minimum atomic E-state index is -0.0243. The van der Waals surface area contributed by atoms with Gasteiger partial charge in [-0.3, -0.25) is 0 Å². The van der Waals surface area contributed by atoms with E-state index in [9.17, 15) is 5.11 Å². The molecule has 0 aromatic heterocycles. The molecule has 2 bridgehead atoms. The van der Waals surface area contributed by atoms with Crippen molar-refractivity contribution in [1.29, 1.82) is 0 Å². The zero-order chi connectivity index (χ0) is 16.2. The molecule has 0 saturated carbocycles. The van der Waals surface area contributed by atoms with E-state index in [1.807, 2.05) is 6.07 Å². The average molecular weight is 315 g/mol. The third kappa shape index (κ3) is 1.87. The predicted octanol–water partition coefficient (Wildman–Crippen LogP) is 2.84. The molecule has 124 valence electrons. The predicted molar refractivity (Wildman–Crippen MR) is 88.9 cm³/mol. The molecule has 1 aromatic carbocycles. The molecule has 3 unspecified atom stereocenters. The van der Waals surface area contributed by atoms with Crippen LogP contribution >= 0.6 is 0 Å². The number of methoxy groups -OCH3 is 2. The number of allylic oxidation sites excluding steroid dienone is 1. The van der Waals surface area contributed by atoms with E-state index in [2.05, 4.69) is 24.1 Å². The van der Waals surface area contributed by atoms with Gasteiger partial charge in [0.1, 0.15) is 0 Å². The Bertz CT molecular complexity index is 669. The molecule has 1 aromatic rings. The van der Waals surface area contributed by atoms with Gasteiger partial charge >= 0.3 is 0 Å². The van der Waals surface area contributed by atoms with Crippen LogP contribution in [0.2, 0.25) is 0 Å². The third-order valence-electron chi connectivity index (χ3n) is 6.31. The molecule has 0 amide bonds. The number of hydrogen-bond donors (Lipinski definition) is 1. The first-order chi connectivity index (χ1) is 11.1. The molecule has 0 spiro atoms.